The molecule has 4 rings (SSSR count). The Kier molecular flexibility index (Phi) is 6.14. The molecule has 2 aliphatic heterocycles. The van der Waals surface area contributed by atoms with Gasteiger partial charge in [-0.1, -0.05) is 6.92 Å². The van der Waals surface area contributed by atoms with Gasteiger partial charge in [-0.3, -0.25) is 9.79 Å². The molecule has 3 heterocycles. The molecule has 1 aromatic heterocycles. The second-order valence-electron chi connectivity index (χ2n) is 8.63. The third-order valence-corrected chi connectivity index (χ3v) is 8.97. The number of carbonyl (C=O) groups is 1. The molecular weight excluding hydrogens is 508 g/mol. The van der Waals surface area contributed by atoms with Crippen molar-refractivity contribution in [2.24, 2.45) is 10.7 Å². The van der Waals surface area contributed by atoms with Crippen molar-refractivity contribution < 1.29 is 40.2 Å². The number of rotatable bonds is 6. The number of ether oxygens (including phenoxy) is 2. The summed E-state index contributed by atoms with van der Waals surface area (Å²) in [6.07, 6.45) is -3.25. The number of carbonyl (C=O) groups excluding carboxylic acids is 1. The minimum absolute atomic E-state index is 0.0253. The standard InChI is InChI=1S/C22H22F4N4O5S/c1-3-36(32,33)20(2)6-7-21(11-23,30-19(20)27)13-8-12(4-5-14(13)24)29-18(31)15-9-16-17(10-28-15)35-22(25,26)34-16/h4-5,8-10H,3,6-7,11H2,1-2H3,(H2,27,30)(H,29,31)/t20-,21-/m1/s1. The Bertz CT molecular complexity index is 1370. The molecule has 0 bridgehead atoms. The predicted octanol–water partition coefficient (Wildman–Crippen LogP) is 3.30. The molecule has 1 aromatic carbocycles. The van der Waals surface area contributed by atoms with E-state index < -0.39 is 50.6 Å². The van der Waals surface area contributed by atoms with E-state index in [0.29, 0.717) is 0 Å². The number of nitrogens with two attached hydrogens (primary N) is 1. The van der Waals surface area contributed by atoms with Gasteiger partial charge in [-0.05, 0) is 38.0 Å². The highest BCUT2D eigenvalue weighted by Gasteiger charge is 2.50. The van der Waals surface area contributed by atoms with Gasteiger partial charge in [-0.25, -0.2) is 22.2 Å². The average molecular weight is 531 g/mol. The molecule has 36 heavy (non-hydrogen) atoms. The van der Waals surface area contributed by atoms with Crippen LogP contribution < -0.4 is 20.5 Å². The van der Waals surface area contributed by atoms with Gasteiger partial charge >= 0.3 is 6.29 Å². The summed E-state index contributed by atoms with van der Waals surface area (Å²) < 4.78 is 87.8. The number of nitrogens with zero attached hydrogens (tertiary/aromatic N) is 2. The maximum Gasteiger partial charge on any atom is 0.586 e. The number of halogens is 4. The first kappa shape index (κ1) is 25.7. The quantitative estimate of drug-likeness (QED) is 0.548. The van der Waals surface area contributed by atoms with E-state index >= 15 is 0 Å². The van der Waals surface area contributed by atoms with Crippen LogP contribution in [0.3, 0.4) is 0 Å². The lowest BCUT2D eigenvalue weighted by Crippen LogP contribution is -2.54. The van der Waals surface area contributed by atoms with Gasteiger partial charge in [0.05, 0.1) is 6.20 Å². The van der Waals surface area contributed by atoms with Gasteiger partial charge in [-0.15, -0.1) is 8.78 Å². The van der Waals surface area contributed by atoms with Gasteiger partial charge in [0.2, 0.25) is 0 Å². The van der Waals surface area contributed by atoms with Crippen LogP contribution in [0.2, 0.25) is 0 Å². The lowest BCUT2D eigenvalue weighted by molar-refractivity contribution is -0.286. The van der Waals surface area contributed by atoms with Crippen molar-refractivity contribution in [3.05, 3.63) is 47.5 Å². The molecule has 0 aliphatic carbocycles. The zero-order valence-corrected chi connectivity index (χ0v) is 20.0. The molecule has 0 fully saturated rings. The lowest BCUT2D eigenvalue weighted by atomic mass is 9.80. The molecule has 3 N–H and O–H groups in total. The normalized spacial score (nSPS) is 24.8. The molecular formula is C22H22F4N4O5S. The molecule has 2 aromatic rings. The average Bonchev–Trinajstić information content (AvgIpc) is 3.15. The van der Waals surface area contributed by atoms with Crippen LogP contribution in [0.15, 0.2) is 35.5 Å². The summed E-state index contributed by atoms with van der Waals surface area (Å²) in [7, 11) is -3.69. The summed E-state index contributed by atoms with van der Waals surface area (Å²) in [5.74, 6) is -2.97. The number of alkyl halides is 3. The van der Waals surface area contributed by atoms with Gasteiger partial charge in [0.25, 0.3) is 5.91 Å². The van der Waals surface area contributed by atoms with E-state index in [1.807, 2.05) is 0 Å². The summed E-state index contributed by atoms with van der Waals surface area (Å²) in [5, 5.41) is 2.43. The van der Waals surface area contributed by atoms with Crippen LogP contribution in [0.4, 0.5) is 23.2 Å². The second kappa shape index (κ2) is 8.61. The molecule has 0 radical (unpaired) electrons. The molecule has 0 saturated carbocycles. The van der Waals surface area contributed by atoms with Gasteiger partial charge in [0, 0.05) is 23.1 Å². The summed E-state index contributed by atoms with van der Waals surface area (Å²) >= 11 is 0. The number of hydrogen-bond donors (Lipinski definition) is 2. The van der Waals surface area contributed by atoms with Crippen LogP contribution in [-0.4, -0.2) is 48.6 Å². The number of anilines is 1. The number of sulfone groups is 1. The van der Waals surface area contributed by atoms with Gasteiger partial charge in [0.15, 0.2) is 21.3 Å². The number of hydrogen-bond acceptors (Lipinski definition) is 8. The largest absolute Gasteiger partial charge is 0.586 e. The molecule has 0 spiro atoms. The Balaban J connectivity index is 1.64. The first-order valence-electron chi connectivity index (χ1n) is 10.8. The molecule has 0 unspecified atom stereocenters. The number of fused-ring (bicyclic) bond motifs is 1. The lowest BCUT2D eigenvalue weighted by Gasteiger charge is -2.40. The number of aromatic nitrogens is 1. The number of amides is 1. The Morgan fingerprint density at radius 3 is 2.53 bits per heavy atom. The Labute approximate surface area is 203 Å². The minimum atomic E-state index is -3.89. The van der Waals surface area contributed by atoms with Crippen molar-refractivity contribution in [3.63, 3.8) is 0 Å². The van der Waals surface area contributed by atoms with E-state index in [1.54, 1.807) is 0 Å². The summed E-state index contributed by atoms with van der Waals surface area (Å²) in [6, 6.07) is 4.28. The smallest absolute Gasteiger partial charge is 0.395 e. The van der Waals surface area contributed by atoms with E-state index in [2.05, 4.69) is 24.8 Å². The summed E-state index contributed by atoms with van der Waals surface area (Å²) in [5.41, 5.74) is 3.68. The van der Waals surface area contributed by atoms with Gasteiger partial charge < -0.3 is 20.5 Å². The highest BCUT2D eigenvalue weighted by Crippen LogP contribution is 2.43. The van der Waals surface area contributed by atoms with Crippen molar-refractivity contribution >= 4 is 27.3 Å². The number of amidine groups is 1. The zero-order chi connectivity index (χ0) is 26.5. The van der Waals surface area contributed by atoms with Crippen LogP contribution in [0.25, 0.3) is 0 Å². The maximum atomic E-state index is 14.9. The molecule has 194 valence electrons. The monoisotopic (exact) mass is 530 g/mol. The van der Waals surface area contributed by atoms with Crippen LogP contribution in [0, 0.1) is 5.82 Å². The molecule has 14 heteroatoms. The van der Waals surface area contributed by atoms with E-state index in [0.717, 1.165) is 24.4 Å². The van der Waals surface area contributed by atoms with Crippen molar-refractivity contribution in [1.82, 2.24) is 4.98 Å². The fourth-order valence-electron chi connectivity index (χ4n) is 4.11. The maximum absolute atomic E-state index is 14.9. The van der Waals surface area contributed by atoms with E-state index in [9.17, 15) is 30.8 Å². The molecule has 2 aliphatic rings. The van der Waals surface area contributed by atoms with Crippen LogP contribution in [0.5, 0.6) is 11.5 Å². The van der Waals surface area contributed by atoms with Crippen molar-refractivity contribution in [1.29, 1.82) is 0 Å². The molecule has 2 atom stereocenters. The Hall–Kier alpha value is -3.42. The highest BCUT2D eigenvalue weighted by atomic mass is 32.2. The number of benzene rings is 1. The second-order valence-corrected chi connectivity index (χ2v) is 11.3. The van der Waals surface area contributed by atoms with Crippen molar-refractivity contribution in [2.45, 2.75) is 43.3 Å². The minimum Gasteiger partial charge on any atom is -0.395 e. The van der Waals surface area contributed by atoms with E-state index in [-0.39, 0.29) is 47.1 Å². The molecule has 0 saturated heterocycles. The highest BCUT2D eigenvalue weighted by molar-refractivity contribution is 7.93. The molecule has 1 amide bonds. The number of pyridine rings is 1. The number of nitrogens with one attached hydrogen (secondary N) is 1. The first-order valence-corrected chi connectivity index (χ1v) is 12.4. The fourth-order valence-corrected chi connectivity index (χ4v) is 5.53. The van der Waals surface area contributed by atoms with E-state index in [1.165, 1.54) is 19.9 Å². The SMILES string of the molecule is CCS(=O)(=O)[C@]1(C)CC[C@@](CF)(c2cc(NC(=O)c3cc4c(cn3)OC(F)(F)O4)ccc2F)N=C1N. The predicted molar refractivity (Wildman–Crippen MR) is 121 cm³/mol. The summed E-state index contributed by atoms with van der Waals surface area (Å²) in [4.78, 5) is 20.5. The zero-order valence-electron chi connectivity index (χ0n) is 19.1. The Morgan fingerprint density at radius 1 is 1.19 bits per heavy atom. The first-order chi connectivity index (χ1) is 16.8. The third kappa shape index (κ3) is 4.22. The van der Waals surface area contributed by atoms with Crippen molar-refractivity contribution in [2.75, 3.05) is 17.7 Å². The molecule has 9 nitrogen and oxygen atoms in total. The van der Waals surface area contributed by atoms with E-state index in [4.69, 9.17) is 5.73 Å². The summed E-state index contributed by atoms with van der Waals surface area (Å²) in [6.45, 7) is 1.67. The fraction of sp³-hybridized carbons (Fsp3) is 0.409. The van der Waals surface area contributed by atoms with Crippen LogP contribution >= 0.6 is 0 Å². The van der Waals surface area contributed by atoms with Crippen LogP contribution in [-0.2, 0) is 15.4 Å². The Morgan fingerprint density at radius 2 is 1.89 bits per heavy atom. The van der Waals surface area contributed by atoms with Gasteiger partial charge in [-0.2, -0.15) is 0 Å². The van der Waals surface area contributed by atoms with Gasteiger partial charge in [0.1, 0.15) is 34.3 Å². The topological polar surface area (TPSA) is 133 Å². The van der Waals surface area contributed by atoms with Crippen molar-refractivity contribution in [3.8, 4) is 11.5 Å². The third-order valence-electron chi connectivity index (χ3n) is 6.43. The van der Waals surface area contributed by atoms with Crippen LogP contribution in [0.1, 0.15) is 42.7 Å². The number of aliphatic imine (C=N–C) groups is 1.